The summed E-state index contributed by atoms with van der Waals surface area (Å²) in [6, 6.07) is 12.6. The van der Waals surface area contributed by atoms with Crippen LogP contribution in [-0.4, -0.2) is 4.57 Å². The minimum Gasteiger partial charge on any atom is -0.460 e. The summed E-state index contributed by atoms with van der Waals surface area (Å²) in [5.41, 5.74) is 3.68. The number of allylic oxidation sites excluding steroid dienone is 6. The first-order valence-corrected chi connectivity index (χ1v) is 7.91. The predicted octanol–water partition coefficient (Wildman–Crippen LogP) is 5.51. The molecule has 0 atom stereocenters. The highest BCUT2D eigenvalue weighted by Crippen LogP contribution is 2.39. The summed E-state index contributed by atoms with van der Waals surface area (Å²) < 4.78 is 8.20. The van der Waals surface area contributed by atoms with Crippen molar-refractivity contribution >= 4 is 10.9 Å². The van der Waals surface area contributed by atoms with Gasteiger partial charge >= 0.3 is 0 Å². The lowest BCUT2D eigenvalue weighted by Crippen LogP contribution is -1.96. The van der Waals surface area contributed by atoms with Crippen LogP contribution in [0.1, 0.15) is 17.2 Å². The molecule has 2 heterocycles. The number of nitrogens with zero attached hydrogens (tertiary/aromatic N) is 1. The molecule has 0 spiro atoms. The minimum absolute atomic E-state index is 0.233. The highest BCUT2D eigenvalue weighted by molar-refractivity contribution is 5.92. The molecule has 0 bridgehead atoms. The smallest absolute Gasteiger partial charge is 0.151 e. The highest BCUT2D eigenvalue weighted by atomic mass is 16.3. The Labute approximate surface area is 136 Å². The molecule has 1 aliphatic rings. The Bertz CT molecular complexity index is 934. The molecule has 0 amide bonds. The average Bonchev–Trinajstić information content (AvgIpc) is 2.98. The maximum absolute atomic E-state index is 5.96. The first kappa shape index (κ1) is 13.9. The third kappa shape index (κ3) is 2.27. The van der Waals surface area contributed by atoms with Crippen molar-refractivity contribution in [2.75, 3.05) is 0 Å². The zero-order valence-corrected chi connectivity index (χ0v) is 13.4. The van der Waals surface area contributed by atoms with E-state index in [4.69, 9.17) is 4.42 Å². The maximum atomic E-state index is 5.96. The molecule has 3 aromatic rings. The van der Waals surface area contributed by atoms with Gasteiger partial charge in [0.25, 0.3) is 0 Å². The fraction of sp³-hybridized carbons (Fsp3) is 0.143. The molecule has 23 heavy (non-hydrogen) atoms. The zero-order valence-electron chi connectivity index (χ0n) is 13.4. The summed E-state index contributed by atoms with van der Waals surface area (Å²) in [5, 5.41) is 1.28. The Morgan fingerprint density at radius 2 is 1.65 bits per heavy atom. The third-order valence-corrected chi connectivity index (χ3v) is 4.42. The van der Waals surface area contributed by atoms with Crippen LogP contribution in [0.4, 0.5) is 0 Å². The molecule has 0 N–H and O–H groups in total. The number of benzene rings is 1. The number of aromatic nitrogens is 1. The molecule has 0 saturated heterocycles. The average molecular weight is 301 g/mol. The summed E-state index contributed by atoms with van der Waals surface area (Å²) in [6.07, 6.45) is 12.8. The van der Waals surface area contributed by atoms with Gasteiger partial charge in [-0.3, -0.25) is 0 Å². The molecular weight excluding hydrogens is 282 g/mol. The molecule has 0 unspecified atom stereocenters. The van der Waals surface area contributed by atoms with Crippen molar-refractivity contribution in [1.29, 1.82) is 0 Å². The van der Waals surface area contributed by atoms with Crippen molar-refractivity contribution in [3.8, 4) is 11.5 Å². The van der Waals surface area contributed by atoms with Gasteiger partial charge < -0.3 is 8.98 Å². The van der Waals surface area contributed by atoms with Crippen molar-refractivity contribution in [3.05, 3.63) is 84.2 Å². The summed E-state index contributed by atoms with van der Waals surface area (Å²) in [6.45, 7) is 1.99. The van der Waals surface area contributed by atoms with Crippen LogP contribution in [0.3, 0.4) is 0 Å². The van der Waals surface area contributed by atoms with Crippen molar-refractivity contribution in [2.45, 2.75) is 12.8 Å². The van der Waals surface area contributed by atoms with Crippen LogP contribution in [0.25, 0.3) is 22.4 Å². The van der Waals surface area contributed by atoms with Crippen molar-refractivity contribution in [3.63, 3.8) is 0 Å². The number of hydrogen-bond acceptors (Lipinski definition) is 1. The number of para-hydroxylation sites is 1. The van der Waals surface area contributed by atoms with E-state index in [2.05, 4.69) is 78.4 Å². The Morgan fingerprint density at radius 3 is 2.35 bits per heavy atom. The van der Waals surface area contributed by atoms with Crippen molar-refractivity contribution in [1.82, 2.24) is 4.57 Å². The van der Waals surface area contributed by atoms with Gasteiger partial charge in [-0.15, -0.1) is 0 Å². The molecule has 2 nitrogen and oxygen atoms in total. The van der Waals surface area contributed by atoms with Crippen LogP contribution in [0, 0.1) is 6.92 Å². The number of furan rings is 1. The third-order valence-electron chi connectivity index (χ3n) is 4.42. The number of hydrogen-bond donors (Lipinski definition) is 0. The van der Waals surface area contributed by atoms with Crippen LogP contribution >= 0.6 is 0 Å². The van der Waals surface area contributed by atoms with Crippen LogP contribution in [-0.2, 0) is 7.05 Å². The van der Waals surface area contributed by atoms with Gasteiger partial charge in [-0.05, 0) is 30.7 Å². The Kier molecular flexibility index (Phi) is 3.30. The van der Waals surface area contributed by atoms with Gasteiger partial charge in [0, 0.05) is 23.9 Å². The van der Waals surface area contributed by atoms with Gasteiger partial charge in [-0.1, -0.05) is 54.7 Å². The lowest BCUT2D eigenvalue weighted by Gasteiger charge is -2.10. The van der Waals surface area contributed by atoms with Gasteiger partial charge in [0.05, 0.1) is 5.69 Å². The maximum Gasteiger partial charge on any atom is 0.151 e. The monoisotopic (exact) mass is 301 g/mol. The SMILES string of the molecule is Cc1ccc(-c2c(C3C=CC=CC=C3)c3ccccc3n2C)o1. The van der Waals surface area contributed by atoms with Gasteiger partial charge in [-0.25, -0.2) is 0 Å². The van der Waals surface area contributed by atoms with E-state index in [1.165, 1.54) is 16.5 Å². The number of aryl methyl sites for hydroxylation is 2. The van der Waals surface area contributed by atoms with E-state index in [1.807, 2.05) is 13.0 Å². The van der Waals surface area contributed by atoms with Crippen molar-refractivity contribution in [2.24, 2.45) is 7.05 Å². The van der Waals surface area contributed by atoms with Crippen LogP contribution in [0.5, 0.6) is 0 Å². The fourth-order valence-electron chi connectivity index (χ4n) is 3.37. The van der Waals surface area contributed by atoms with Gasteiger partial charge in [0.2, 0.25) is 0 Å². The van der Waals surface area contributed by atoms with E-state index < -0.39 is 0 Å². The summed E-state index contributed by atoms with van der Waals surface area (Å²) in [5.74, 6) is 2.09. The Morgan fingerprint density at radius 1 is 0.913 bits per heavy atom. The predicted molar refractivity (Wildman–Crippen MR) is 95.5 cm³/mol. The van der Waals surface area contributed by atoms with Crippen molar-refractivity contribution < 1.29 is 4.42 Å². The molecular formula is C21H19NO. The van der Waals surface area contributed by atoms with E-state index in [1.54, 1.807) is 0 Å². The van der Waals surface area contributed by atoms with Crippen LogP contribution in [0.2, 0.25) is 0 Å². The first-order chi connectivity index (χ1) is 11.3. The van der Waals surface area contributed by atoms with E-state index in [-0.39, 0.29) is 5.92 Å². The molecule has 0 aliphatic heterocycles. The quantitative estimate of drug-likeness (QED) is 0.610. The zero-order chi connectivity index (χ0) is 15.8. The standard InChI is InChI=1S/C21H19NO/c1-15-13-14-19(23-15)21-20(16-9-5-3-4-6-10-16)17-11-7-8-12-18(17)22(21)2/h3-14,16H,1-2H3. The molecule has 2 heteroatoms. The second-order valence-corrected chi connectivity index (χ2v) is 5.93. The second kappa shape index (κ2) is 5.47. The fourth-order valence-corrected chi connectivity index (χ4v) is 3.37. The molecule has 1 aromatic carbocycles. The van der Waals surface area contributed by atoms with Gasteiger partial charge in [0.15, 0.2) is 5.76 Å². The second-order valence-electron chi connectivity index (χ2n) is 5.93. The summed E-state index contributed by atoms with van der Waals surface area (Å²) >= 11 is 0. The lowest BCUT2D eigenvalue weighted by molar-refractivity contribution is 0.543. The van der Waals surface area contributed by atoms with Crippen LogP contribution < -0.4 is 0 Å². The highest BCUT2D eigenvalue weighted by Gasteiger charge is 2.22. The molecule has 4 rings (SSSR count). The molecule has 1 aliphatic carbocycles. The molecule has 114 valence electrons. The topological polar surface area (TPSA) is 18.1 Å². The Hall–Kier alpha value is -2.74. The summed E-state index contributed by atoms with van der Waals surface area (Å²) in [7, 11) is 2.11. The van der Waals surface area contributed by atoms with Crippen LogP contribution in [0.15, 0.2) is 77.3 Å². The number of rotatable bonds is 2. The van der Waals surface area contributed by atoms with Gasteiger partial charge in [0.1, 0.15) is 5.76 Å². The van der Waals surface area contributed by atoms with E-state index >= 15 is 0 Å². The minimum atomic E-state index is 0.233. The first-order valence-electron chi connectivity index (χ1n) is 7.91. The summed E-state index contributed by atoms with van der Waals surface area (Å²) in [4.78, 5) is 0. The molecule has 0 saturated carbocycles. The largest absolute Gasteiger partial charge is 0.460 e. The van der Waals surface area contributed by atoms with E-state index in [0.29, 0.717) is 0 Å². The Balaban J connectivity index is 2.04. The lowest BCUT2D eigenvalue weighted by atomic mass is 9.94. The molecule has 0 fully saturated rings. The number of fused-ring (bicyclic) bond motifs is 1. The van der Waals surface area contributed by atoms with E-state index in [0.717, 1.165) is 17.2 Å². The van der Waals surface area contributed by atoms with Gasteiger partial charge in [-0.2, -0.15) is 0 Å². The molecule has 0 radical (unpaired) electrons. The van der Waals surface area contributed by atoms with E-state index in [9.17, 15) is 0 Å². The molecule has 2 aromatic heterocycles. The normalized spacial score (nSPS) is 14.7.